The smallest absolute Gasteiger partial charge is 0.226 e. The van der Waals surface area contributed by atoms with Crippen molar-refractivity contribution in [2.75, 3.05) is 13.7 Å². The first-order chi connectivity index (χ1) is 12.0. The van der Waals surface area contributed by atoms with Crippen molar-refractivity contribution in [2.24, 2.45) is 5.92 Å². The molecule has 0 bridgehead atoms. The standard InChI is InChI=1S/C18H19FN2O4/c1-21-16(23)9-13(17(21)11-4-6-12(19)7-5-11)18(24)20-14(10-22)15-3-2-8-25-15/h2-8,13-14,17,22H,9-10H2,1H3,(H,20,24). The van der Waals surface area contributed by atoms with Crippen LogP contribution in [0, 0.1) is 11.7 Å². The van der Waals surface area contributed by atoms with E-state index in [4.69, 9.17) is 4.42 Å². The number of aliphatic hydroxyl groups is 1. The Morgan fingerprint density at radius 2 is 2.12 bits per heavy atom. The number of amides is 2. The summed E-state index contributed by atoms with van der Waals surface area (Å²) in [7, 11) is 1.62. The largest absolute Gasteiger partial charge is 0.467 e. The van der Waals surface area contributed by atoms with E-state index in [9.17, 15) is 19.1 Å². The van der Waals surface area contributed by atoms with Gasteiger partial charge in [-0.05, 0) is 29.8 Å². The van der Waals surface area contributed by atoms with E-state index in [-0.39, 0.29) is 30.7 Å². The van der Waals surface area contributed by atoms with Crippen LogP contribution in [-0.4, -0.2) is 35.5 Å². The molecule has 1 saturated heterocycles. The third-order valence-corrected chi connectivity index (χ3v) is 4.52. The minimum absolute atomic E-state index is 0.0562. The van der Waals surface area contributed by atoms with E-state index in [2.05, 4.69) is 5.32 Å². The summed E-state index contributed by atoms with van der Waals surface area (Å²) >= 11 is 0. The number of rotatable bonds is 5. The molecule has 0 radical (unpaired) electrons. The lowest BCUT2D eigenvalue weighted by Gasteiger charge is -2.26. The normalized spacial score (nSPS) is 21.4. The Hall–Kier alpha value is -2.67. The lowest BCUT2D eigenvalue weighted by molar-refractivity contribution is -0.128. The van der Waals surface area contributed by atoms with Crippen molar-refractivity contribution < 1.29 is 23.5 Å². The second-order valence-corrected chi connectivity index (χ2v) is 6.07. The highest BCUT2D eigenvalue weighted by Gasteiger charge is 2.43. The van der Waals surface area contributed by atoms with E-state index >= 15 is 0 Å². The van der Waals surface area contributed by atoms with Crippen LogP contribution in [0.5, 0.6) is 0 Å². The summed E-state index contributed by atoms with van der Waals surface area (Å²) in [6.07, 6.45) is 1.51. The van der Waals surface area contributed by atoms with Crippen LogP contribution in [0.25, 0.3) is 0 Å². The average molecular weight is 346 g/mol. The Bertz CT molecular complexity index is 745. The number of aliphatic hydroxyl groups excluding tert-OH is 1. The second-order valence-electron chi connectivity index (χ2n) is 6.07. The van der Waals surface area contributed by atoms with Gasteiger partial charge in [-0.2, -0.15) is 0 Å². The first-order valence-electron chi connectivity index (χ1n) is 7.97. The molecule has 0 saturated carbocycles. The molecule has 1 aliphatic heterocycles. The van der Waals surface area contributed by atoms with Crippen molar-refractivity contribution in [1.29, 1.82) is 0 Å². The molecule has 3 unspecified atom stereocenters. The maximum absolute atomic E-state index is 13.2. The van der Waals surface area contributed by atoms with Crippen LogP contribution in [0.2, 0.25) is 0 Å². The van der Waals surface area contributed by atoms with Crippen molar-refractivity contribution in [3.63, 3.8) is 0 Å². The molecule has 3 atom stereocenters. The minimum atomic E-state index is -0.683. The molecular formula is C18H19FN2O4. The summed E-state index contributed by atoms with van der Waals surface area (Å²) < 4.78 is 18.4. The summed E-state index contributed by atoms with van der Waals surface area (Å²) in [5.74, 6) is -1.09. The lowest BCUT2D eigenvalue weighted by atomic mass is 9.92. The first-order valence-corrected chi connectivity index (χ1v) is 7.97. The summed E-state index contributed by atoms with van der Waals surface area (Å²) in [5.41, 5.74) is 0.688. The number of halogens is 1. The van der Waals surface area contributed by atoms with Gasteiger partial charge in [0.05, 0.1) is 24.8 Å². The molecule has 2 N–H and O–H groups in total. The molecule has 132 valence electrons. The summed E-state index contributed by atoms with van der Waals surface area (Å²) in [4.78, 5) is 26.4. The molecule has 6 nitrogen and oxygen atoms in total. The van der Waals surface area contributed by atoms with Gasteiger partial charge in [0.15, 0.2) is 0 Å². The van der Waals surface area contributed by atoms with Crippen molar-refractivity contribution in [3.05, 3.63) is 59.8 Å². The highest BCUT2D eigenvalue weighted by atomic mass is 19.1. The van der Waals surface area contributed by atoms with Gasteiger partial charge < -0.3 is 19.7 Å². The summed E-state index contributed by atoms with van der Waals surface area (Å²) in [6, 6.07) is 7.92. The van der Waals surface area contributed by atoms with Gasteiger partial charge >= 0.3 is 0 Å². The topological polar surface area (TPSA) is 82.8 Å². The van der Waals surface area contributed by atoms with E-state index in [1.165, 1.54) is 23.3 Å². The fraction of sp³-hybridized carbons (Fsp3) is 0.333. The number of likely N-dealkylation sites (tertiary alicyclic amines) is 1. The Labute approximate surface area is 144 Å². The Kier molecular flexibility index (Phi) is 4.85. The van der Waals surface area contributed by atoms with Crippen LogP contribution in [0.3, 0.4) is 0 Å². The van der Waals surface area contributed by atoms with Crippen LogP contribution in [-0.2, 0) is 9.59 Å². The zero-order valence-electron chi connectivity index (χ0n) is 13.7. The molecule has 1 aromatic heterocycles. The molecule has 1 aromatic carbocycles. The van der Waals surface area contributed by atoms with Gasteiger partial charge in [-0.3, -0.25) is 9.59 Å². The molecule has 25 heavy (non-hydrogen) atoms. The Morgan fingerprint density at radius 1 is 1.40 bits per heavy atom. The van der Waals surface area contributed by atoms with Crippen LogP contribution in [0.15, 0.2) is 47.1 Å². The quantitative estimate of drug-likeness (QED) is 0.865. The third kappa shape index (κ3) is 3.41. The predicted octanol–water partition coefficient (Wildman–Crippen LogP) is 1.79. The highest BCUT2D eigenvalue weighted by Crippen LogP contribution is 2.37. The van der Waals surface area contributed by atoms with E-state index in [0.717, 1.165) is 0 Å². The molecule has 3 rings (SSSR count). The van der Waals surface area contributed by atoms with Gasteiger partial charge in [-0.25, -0.2) is 4.39 Å². The number of furan rings is 1. The van der Waals surface area contributed by atoms with E-state index in [1.807, 2.05) is 0 Å². The van der Waals surface area contributed by atoms with Crippen molar-refractivity contribution in [2.45, 2.75) is 18.5 Å². The van der Waals surface area contributed by atoms with E-state index < -0.39 is 18.0 Å². The third-order valence-electron chi connectivity index (χ3n) is 4.52. The SMILES string of the molecule is CN1C(=O)CC(C(=O)NC(CO)c2ccco2)C1c1ccc(F)cc1. The molecule has 2 amide bonds. The zero-order valence-corrected chi connectivity index (χ0v) is 13.7. The number of hydrogen-bond donors (Lipinski definition) is 2. The second kappa shape index (κ2) is 7.06. The highest BCUT2D eigenvalue weighted by molar-refractivity contribution is 5.90. The number of carbonyl (C=O) groups excluding carboxylic acids is 2. The van der Waals surface area contributed by atoms with Crippen LogP contribution < -0.4 is 5.32 Å². The monoisotopic (exact) mass is 346 g/mol. The van der Waals surface area contributed by atoms with Gasteiger partial charge in [0.1, 0.15) is 17.6 Å². The average Bonchev–Trinajstić information content (AvgIpc) is 3.23. The number of nitrogens with zero attached hydrogens (tertiary/aromatic N) is 1. The molecule has 2 aromatic rings. The molecule has 0 aliphatic carbocycles. The Morgan fingerprint density at radius 3 is 2.72 bits per heavy atom. The number of hydrogen-bond acceptors (Lipinski definition) is 4. The fourth-order valence-corrected chi connectivity index (χ4v) is 3.20. The zero-order chi connectivity index (χ0) is 18.0. The van der Waals surface area contributed by atoms with Gasteiger partial charge in [0.2, 0.25) is 11.8 Å². The fourth-order valence-electron chi connectivity index (χ4n) is 3.20. The summed E-state index contributed by atoms with van der Waals surface area (Å²) in [5, 5.41) is 12.2. The lowest BCUT2D eigenvalue weighted by Crippen LogP contribution is -2.37. The van der Waals surface area contributed by atoms with Gasteiger partial charge in [-0.15, -0.1) is 0 Å². The molecule has 1 aliphatic rings. The van der Waals surface area contributed by atoms with Gasteiger partial charge in [0, 0.05) is 13.5 Å². The number of carbonyl (C=O) groups is 2. The van der Waals surface area contributed by atoms with Crippen molar-refractivity contribution >= 4 is 11.8 Å². The van der Waals surface area contributed by atoms with Crippen LogP contribution in [0.1, 0.15) is 29.8 Å². The van der Waals surface area contributed by atoms with E-state index in [1.54, 1.807) is 31.3 Å². The van der Waals surface area contributed by atoms with Gasteiger partial charge in [-0.1, -0.05) is 12.1 Å². The molecular weight excluding hydrogens is 327 g/mol. The first kappa shape index (κ1) is 17.2. The van der Waals surface area contributed by atoms with E-state index in [0.29, 0.717) is 11.3 Å². The molecule has 0 spiro atoms. The maximum Gasteiger partial charge on any atom is 0.226 e. The van der Waals surface area contributed by atoms with Crippen molar-refractivity contribution in [1.82, 2.24) is 10.2 Å². The summed E-state index contributed by atoms with van der Waals surface area (Å²) in [6.45, 7) is -0.322. The molecule has 2 heterocycles. The predicted molar refractivity (Wildman–Crippen MR) is 86.7 cm³/mol. The Balaban J connectivity index is 1.82. The van der Waals surface area contributed by atoms with Crippen LogP contribution in [0.4, 0.5) is 4.39 Å². The molecule has 7 heteroatoms. The minimum Gasteiger partial charge on any atom is -0.467 e. The van der Waals surface area contributed by atoms with Gasteiger partial charge in [0.25, 0.3) is 0 Å². The van der Waals surface area contributed by atoms with Crippen LogP contribution >= 0.6 is 0 Å². The number of benzene rings is 1. The molecule has 1 fully saturated rings. The number of nitrogens with one attached hydrogen (secondary N) is 1. The maximum atomic E-state index is 13.2. The van der Waals surface area contributed by atoms with Crippen molar-refractivity contribution in [3.8, 4) is 0 Å².